The Balaban J connectivity index is -0.000000112. The maximum absolute atomic E-state index is 9.00. The first-order valence-corrected chi connectivity index (χ1v) is 9.32. The molecule has 0 aliphatic rings. The van der Waals surface area contributed by atoms with E-state index in [-0.39, 0.29) is 52.9 Å². The Bertz CT molecular complexity index is 270. The molecular weight excluding hydrogens is 938 g/mol. The molecule has 0 fully saturated rings. The summed E-state index contributed by atoms with van der Waals surface area (Å²) in [5, 5.41) is 43.4. The molecule has 2 unspecified atom stereocenters. The molecule has 0 aliphatic heterocycles. The largest absolute Gasteiger partial charge is 0.553 e. The van der Waals surface area contributed by atoms with Crippen LogP contribution in [0.25, 0.3) is 0 Å². The van der Waals surface area contributed by atoms with Crippen LogP contribution >= 0.6 is 0 Å². The van der Waals surface area contributed by atoms with Crippen LogP contribution < -0.4 is 0 Å². The van der Waals surface area contributed by atoms with E-state index < -0.39 is 18.3 Å². The van der Waals surface area contributed by atoms with Gasteiger partial charge in [-0.15, -0.1) is 0 Å². The van der Waals surface area contributed by atoms with E-state index in [0.29, 0.717) is 26.1 Å². The standard InChI is InChI=1S/2C7H15O4.C5H10O3.2Rf/c2*1-10-5-7(9)6-11-4-2-3-8;1-7-3-5(6)4-8-2;;/h2*7-9H,1-6H2;5-6H,1-4H2;;/q2*-1;-2;;. The van der Waals surface area contributed by atoms with Crippen LogP contribution in [0, 0.1) is 28.4 Å². The van der Waals surface area contributed by atoms with Crippen molar-refractivity contribution >= 4 is 0 Å². The number of rotatable bonds is 18. The molecule has 0 saturated carbocycles. The fourth-order valence-corrected chi connectivity index (χ4v) is 1.46. The van der Waals surface area contributed by atoms with Crippen LogP contribution in [0.4, 0.5) is 0 Å². The molecule has 0 saturated heterocycles. The summed E-state index contributed by atoms with van der Waals surface area (Å²) in [6.07, 6.45) is -0.655. The molecule has 0 spiro atoms. The smallest absolute Gasteiger partial charge is 0.0976 e. The molecular formula is C19H40O11Rf2-4. The van der Waals surface area contributed by atoms with Crippen LogP contribution in [-0.2, 0) is 28.4 Å². The Labute approximate surface area is 180 Å². The van der Waals surface area contributed by atoms with Gasteiger partial charge in [0.2, 0.25) is 0 Å². The van der Waals surface area contributed by atoms with Gasteiger partial charge in [0.15, 0.2) is 0 Å². The molecule has 13 heteroatoms. The zero-order valence-electron chi connectivity index (χ0n) is 19.1. The molecule has 0 amide bonds. The van der Waals surface area contributed by atoms with Crippen molar-refractivity contribution in [3.8, 4) is 0 Å². The monoisotopic (exact) mass is 979 g/mol. The number of aliphatic hydroxyl groups excluding tert-OH is 5. The minimum atomic E-state index is -0.619. The van der Waals surface area contributed by atoms with Crippen molar-refractivity contribution in [2.24, 2.45) is 0 Å². The predicted octanol–water partition coefficient (Wildman–Crippen LogP) is -0.927. The first kappa shape index (κ1) is 40.0. The average molecular weight is 979 g/mol. The summed E-state index contributed by atoms with van der Waals surface area (Å²) < 4.78 is 27.5. The Hall–Kier alpha value is -2.44. The van der Waals surface area contributed by atoms with Gasteiger partial charge in [0.25, 0.3) is 0 Å². The molecule has 0 aromatic carbocycles. The third-order valence-electron chi connectivity index (χ3n) is 2.76. The van der Waals surface area contributed by atoms with Gasteiger partial charge in [0.05, 0.1) is 31.5 Å². The van der Waals surface area contributed by atoms with Crippen molar-refractivity contribution in [2.75, 3.05) is 66.1 Å². The maximum Gasteiger partial charge on any atom is 0.0976 e. The third-order valence-corrected chi connectivity index (χ3v) is 2.76. The van der Waals surface area contributed by atoms with Crippen LogP contribution in [0.15, 0.2) is 0 Å². The summed E-state index contributed by atoms with van der Waals surface area (Å²) in [4.78, 5) is 0. The molecule has 2 atom stereocenters. The van der Waals surface area contributed by atoms with Crippen LogP contribution in [0.2, 0.25) is 0 Å². The molecule has 0 aromatic heterocycles. The van der Waals surface area contributed by atoms with Gasteiger partial charge < -0.3 is 54.0 Å². The van der Waals surface area contributed by atoms with Crippen molar-refractivity contribution < 1.29 is 54.0 Å². The van der Waals surface area contributed by atoms with E-state index in [4.69, 9.17) is 35.0 Å². The van der Waals surface area contributed by atoms with E-state index >= 15 is 0 Å². The minimum Gasteiger partial charge on any atom is -0.553 e. The van der Waals surface area contributed by atoms with Gasteiger partial charge in [-0.05, 0) is 12.8 Å². The predicted molar refractivity (Wildman–Crippen MR) is 108 cm³/mol. The first-order valence-electron chi connectivity index (χ1n) is 9.32. The van der Waals surface area contributed by atoms with Gasteiger partial charge in [0.1, 0.15) is 0 Å². The van der Waals surface area contributed by atoms with Crippen molar-refractivity contribution in [2.45, 2.75) is 31.2 Å². The zero-order chi connectivity index (χ0) is 23.5. The summed E-state index contributed by atoms with van der Waals surface area (Å²) in [6, 6.07) is 0. The van der Waals surface area contributed by atoms with E-state index in [1.54, 1.807) is 0 Å². The van der Waals surface area contributed by atoms with E-state index in [1.807, 2.05) is 0 Å². The molecule has 5 N–H and O–H groups in total. The fourth-order valence-electron chi connectivity index (χ4n) is 1.46. The molecule has 190 valence electrons. The summed E-state index contributed by atoms with van der Waals surface area (Å²) in [5.74, 6) is 0. The molecule has 0 radical (unpaired) electrons. The summed E-state index contributed by atoms with van der Waals surface area (Å²) in [7, 11) is 12.4. The molecule has 0 bridgehead atoms. The van der Waals surface area contributed by atoms with E-state index in [9.17, 15) is 0 Å². The summed E-state index contributed by atoms with van der Waals surface area (Å²) in [6.45, 7) is 2.35. The number of hydrogen-bond donors (Lipinski definition) is 5. The van der Waals surface area contributed by atoms with Gasteiger partial charge in [0, 0.05) is 52.9 Å². The van der Waals surface area contributed by atoms with E-state index in [1.165, 1.54) is 0 Å². The normalized spacial score (nSPS) is 11.8. The SMILES string of the molecule is [CH2-]OCC(O)COCCCO.[CH2-]OCC(O)COCCCO.[CH2-]OCC(O)CO[CH2-].[Rf].[Rf]. The molecule has 11 nitrogen and oxygen atoms in total. The molecule has 32 heavy (non-hydrogen) atoms. The topological polar surface area (TPSA) is 157 Å². The number of aliphatic hydroxyl groups is 5. The van der Waals surface area contributed by atoms with Gasteiger partial charge in [-0.25, -0.2) is 28.4 Å². The van der Waals surface area contributed by atoms with Crippen molar-refractivity contribution in [1.29, 1.82) is 0 Å². The Morgan fingerprint density at radius 3 is 0.969 bits per heavy atom. The van der Waals surface area contributed by atoms with Gasteiger partial charge >= 0.3 is 0 Å². The third kappa shape index (κ3) is 41.8. The maximum atomic E-state index is 9.00. The van der Waals surface area contributed by atoms with Crippen LogP contribution in [0.3, 0.4) is 0 Å². The quantitative estimate of drug-likeness (QED) is 0.0856. The van der Waals surface area contributed by atoms with Crippen molar-refractivity contribution in [3.63, 3.8) is 0 Å². The average Bonchev–Trinajstić information content (AvgIpc) is 2.71. The second-order valence-electron chi connectivity index (χ2n) is 5.75. The minimum absolute atomic E-state index is 0. The van der Waals surface area contributed by atoms with Crippen LogP contribution in [0.1, 0.15) is 12.8 Å². The second kappa shape index (κ2) is 36.0. The zero-order valence-corrected chi connectivity index (χ0v) is 31.9. The Morgan fingerprint density at radius 1 is 0.500 bits per heavy atom. The molecule has 0 heterocycles. The summed E-state index contributed by atoms with van der Waals surface area (Å²) in [5.41, 5.74) is 0. The Morgan fingerprint density at radius 2 is 0.750 bits per heavy atom. The Kier molecular flexibility index (Phi) is 44.9. The fraction of sp³-hybridized carbons (Fsp3) is 0.789. The van der Waals surface area contributed by atoms with Crippen molar-refractivity contribution in [1.82, 2.24) is 0 Å². The van der Waals surface area contributed by atoms with Crippen LogP contribution in [-0.4, -0.2) is 110 Å². The van der Waals surface area contributed by atoms with Crippen molar-refractivity contribution in [3.05, 3.63) is 28.4 Å². The van der Waals surface area contributed by atoms with E-state index in [0.717, 1.165) is 0 Å². The molecule has 0 aliphatic carbocycles. The van der Waals surface area contributed by atoms with Gasteiger partial charge in [-0.2, -0.15) is 0 Å². The first-order chi connectivity index (χ1) is 14.4. The van der Waals surface area contributed by atoms with Gasteiger partial charge in [-0.1, -0.05) is 0 Å². The number of hydrogen-bond acceptors (Lipinski definition) is 11. The molecule has 0 aromatic rings. The van der Waals surface area contributed by atoms with Crippen LogP contribution in [0.5, 0.6) is 0 Å². The van der Waals surface area contributed by atoms with E-state index in [2.05, 4.69) is 47.4 Å². The van der Waals surface area contributed by atoms with Gasteiger partial charge in [-0.3, -0.25) is 0 Å². The second-order valence-corrected chi connectivity index (χ2v) is 5.75. The number of ether oxygens (including phenoxy) is 6. The molecule has 0 rings (SSSR count). The summed E-state index contributed by atoms with van der Waals surface area (Å²) >= 11 is 0.